The number of halogens is 1. The second-order valence-corrected chi connectivity index (χ2v) is 6.72. The van der Waals surface area contributed by atoms with E-state index < -0.39 is 27.7 Å². The van der Waals surface area contributed by atoms with E-state index in [0.29, 0.717) is 5.69 Å². The topological polar surface area (TPSA) is 107 Å². The Balaban J connectivity index is 2.25. The lowest BCUT2D eigenvalue weighted by Crippen LogP contribution is -2.27. The Morgan fingerprint density at radius 3 is 2.77 bits per heavy atom. The molecule has 1 unspecified atom stereocenters. The first-order chi connectivity index (χ1) is 10.2. The number of amides is 1. The Morgan fingerprint density at radius 2 is 2.18 bits per heavy atom. The number of primary sulfonamides is 1. The molecule has 9 heteroatoms. The summed E-state index contributed by atoms with van der Waals surface area (Å²) in [7, 11) is -2.56. The van der Waals surface area contributed by atoms with Crippen molar-refractivity contribution in [1.82, 2.24) is 0 Å². The number of nitrogens with zero attached hydrogens (tertiary/aromatic N) is 1. The number of sulfonamides is 1. The van der Waals surface area contributed by atoms with Crippen LogP contribution in [0.3, 0.4) is 0 Å². The maximum atomic E-state index is 13.6. The highest BCUT2D eigenvalue weighted by atomic mass is 32.2. The van der Waals surface area contributed by atoms with Crippen molar-refractivity contribution in [3.05, 3.63) is 29.6 Å². The third-order valence-corrected chi connectivity index (χ3v) is 4.28. The van der Waals surface area contributed by atoms with Gasteiger partial charge in [-0.25, -0.2) is 22.7 Å². The summed E-state index contributed by atoms with van der Waals surface area (Å²) >= 11 is 0. The van der Waals surface area contributed by atoms with Crippen molar-refractivity contribution in [1.29, 1.82) is 0 Å². The zero-order valence-electron chi connectivity index (χ0n) is 11.8. The fourth-order valence-electron chi connectivity index (χ4n) is 2.42. The van der Waals surface area contributed by atoms with Crippen molar-refractivity contribution in [2.24, 2.45) is 11.1 Å². The molecule has 2 rings (SSSR count). The van der Waals surface area contributed by atoms with Gasteiger partial charge in [-0.1, -0.05) is 0 Å². The Labute approximate surface area is 126 Å². The summed E-state index contributed by atoms with van der Waals surface area (Å²) in [5.41, 5.74) is 0.0198. The van der Waals surface area contributed by atoms with Gasteiger partial charge >= 0.3 is 5.97 Å². The van der Waals surface area contributed by atoms with Gasteiger partial charge in [-0.05, 0) is 18.2 Å². The quantitative estimate of drug-likeness (QED) is 0.797. The minimum atomic E-state index is -3.68. The second kappa shape index (κ2) is 6.01. The van der Waals surface area contributed by atoms with Crippen LogP contribution < -0.4 is 10.0 Å². The molecule has 0 spiro atoms. The zero-order chi connectivity index (χ0) is 16.5. The van der Waals surface area contributed by atoms with Gasteiger partial charge in [0.1, 0.15) is 5.82 Å². The summed E-state index contributed by atoms with van der Waals surface area (Å²) in [5.74, 6) is -2.67. The molecule has 7 nitrogen and oxygen atoms in total. The smallest absolute Gasteiger partial charge is 0.340 e. The molecule has 0 aromatic heterocycles. The van der Waals surface area contributed by atoms with Crippen LogP contribution >= 0.6 is 0 Å². The normalized spacial score (nSPS) is 18.6. The van der Waals surface area contributed by atoms with E-state index in [2.05, 4.69) is 4.74 Å². The van der Waals surface area contributed by atoms with E-state index >= 15 is 0 Å². The first kappa shape index (κ1) is 16.4. The summed E-state index contributed by atoms with van der Waals surface area (Å²) in [5, 5.41) is 4.98. The summed E-state index contributed by atoms with van der Waals surface area (Å²) in [6, 6.07) is 3.61. The van der Waals surface area contributed by atoms with Crippen LogP contribution in [0, 0.1) is 11.7 Å². The number of ether oxygens (including phenoxy) is 1. The molecule has 0 bridgehead atoms. The molecule has 0 radical (unpaired) electrons. The lowest BCUT2D eigenvalue weighted by Gasteiger charge is -2.17. The Morgan fingerprint density at radius 1 is 1.50 bits per heavy atom. The maximum Gasteiger partial charge on any atom is 0.340 e. The number of methoxy groups -OCH3 is 1. The van der Waals surface area contributed by atoms with Crippen LogP contribution in [0.25, 0.3) is 0 Å². The van der Waals surface area contributed by atoms with E-state index in [0.717, 1.165) is 13.2 Å². The zero-order valence-corrected chi connectivity index (χ0v) is 12.6. The Hall–Kier alpha value is -2.00. The van der Waals surface area contributed by atoms with Gasteiger partial charge < -0.3 is 9.64 Å². The number of hydrogen-bond donors (Lipinski definition) is 1. The lowest BCUT2D eigenvalue weighted by atomic mass is 10.1. The van der Waals surface area contributed by atoms with E-state index in [4.69, 9.17) is 5.14 Å². The lowest BCUT2D eigenvalue weighted by molar-refractivity contribution is -0.117. The molecule has 2 N–H and O–H groups in total. The summed E-state index contributed by atoms with van der Waals surface area (Å²) in [6.07, 6.45) is 0.0291. The number of nitrogens with two attached hydrogens (primary N) is 1. The van der Waals surface area contributed by atoms with Crippen LogP contribution in [0.2, 0.25) is 0 Å². The summed E-state index contributed by atoms with van der Waals surface area (Å²) in [4.78, 5) is 24.8. The number of benzene rings is 1. The number of anilines is 1. The van der Waals surface area contributed by atoms with E-state index in [1.807, 2.05) is 0 Å². The van der Waals surface area contributed by atoms with Crippen molar-refractivity contribution in [2.75, 3.05) is 24.3 Å². The molecule has 1 fully saturated rings. The summed E-state index contributed by atoms with van der Waals surface area (Å²) in [6.45, 7) is 0.140. The fourth-order valence-corrected chi connectivity index (χ4v) is 3.30. The minimum Gasteiger partial charge on any atom is -0.465 e. The van der Waals surface area contributed by atoms with Gasteiger partial charge in [-0.2, -0.15) is 0 Å². The van der Waals surface area contributed by atoms with Crippen molar-refractivity contribution < 1.29 is 27.1 Å². The van der Waals surface area contributed by atoms with E-state index in [1.54, 1.807) is 0 Å². The van der Waals surface area contributed by atoms with E-state index in [9.17, 15) is 22.4 Å². The highest BCUT2D eigenvalue weighted by molar-refractivity contribution is 7.89. The first-order valence-corrected chi connectivity index (χ1v) is 8.11. The second-order valence-electron chi connectivity index (χ2n) is 5.06. The van der Waals surface area contributed by atoms with Crippen LogP contribution in [0.15, 0.2) is 18.2 Å². The minimum absolute atomic E-state index is 0.0291. The molecule has 0 saturated carbocycles. The highest BCUT2D eigenvalue weighted by Gasteiger charge is 2.33. The monoisotopic (exact) mass is 330 g/mol. The van der Waals surface area contributed by atoms with Gasteiger partial charge in [0, 0.05) is 24.6 Å². The van der Waals surface area contributed by atoms with Gasteiger partial charge in [0.05, 0.1) is 18.4 Å². The average molecular weight is 330 g/mol. The van der Waals surface area contributed by atoms with Gasteiger partial charge in [0.2, 0.25) is 15.9 Å². The van der Waals surface area contributed by atoms with Gasteiger partial charge in [-0.15, -0.1) is 0 Å². The molecule has 120 valence electrons. The maximum absolute atomic E-state index is 13.6. The molecule has 1 saturated heterocycles. The largest absolute Gasteiger partial charge is 0.465 e. The number of hydrogen-bond acceptors (Lipinski definition) is 5. The molecule has 1 heterocycles. The molecular weight excluding hydrogens is 315 g/mol. The Kier molecular flexibility index (Phi) is 4.47. The predicted molar refractivity (Wildman–Crippen MR) is 76.2 cm³/mol. The molecule has 1 amide bonds. The molecule has 1 aliphatic rings. The molecule has 1 aromatic rings. The van der Waals surface area contributed by atoms with Crippen LogP contribution in [0.5, 0.6) is 0 Å². The molecule has 1 aliphatic heterocycles. The number of esters is 1. The molecular formula is C13H15FN2O5S. The van der Waals surface area contributed by atoms with Crippen molar-refractivity contribution in [3.8, 4) is 0 Å². The standard InChI is InChI=1S/C13H15FN2O5S/c1-21-13(18)10-5-9(2-3-11(10)14)16-6-8(4-12(16)17)7-22(15,19)20/h2-3,5,8H,4,6-7H2,1H3,(H2,15,19,20). The van der Waals surface area contributed by atoms with E-state index in [1.165, 1.54) is 17.0 Å². The predicted octanol–water partition coefficient (Wildman–Crippen LogP) is 0.254. The molecule has 1 atom stereocenters. The molecule has 22 heavy (non-hydrogen) atoms. The van der Waals surface area contributed by atoms with Crippen LogP contribution in [0.1, 0.15) is 16.8 Å². The Bertz CT molecular complexity index is 719. The highest BCUT2D eigenvalue weighted by Crippen LogP contribution is 2.27. The number of carbonyl (C=O) groups is 2. The van der Waals surface area contributed by atoms with Crippen LogP contribution in [-0.4, -0.2) is 39.7 Å². The van der Waals surface area contributed by atoms with Crippen LogP contribution in [-0.2, 0) is 19.6 Å². The van der Waals surface area contributed by atoms with Crippen molar-refractivity contribution >= 4 is 27.6 Å². The summed E-state index contributed by atoms with van der Waals surface area (Å²) < 4.78 is 40.3. The first-order valence-electron chi connectivity index (χ1n) is 6.40. The molecule has 1 aromatic carbocycles. The van der Waals surface area contributed by atoms with E-state index in [-0.39, 0.29) is 30.2 Å². The van der Waals surface area contributed by atoms with Crippen molar-refractivity contribution in [3.63, 3.8) is 0 Å². The SMILES string of the molecule is COC(=O)c1cc(N2CC(CS(N)(=O)=O)CC2=O)ccc1F. The number of carbonyl (C=O) groups excluding carboxylic acids is 2. The van der Waals surface area contributed by atoms with Gasteiger partial charge in [0.15, 0.2) is 0 Å². The fraction of sp³-hybridized carbons (Fsp3) is 0.385. The third-order valence-electron chi connectivity index (χ3n) is 3.34. The van der Waals surface area contributed by atoms with Crippen LogP contribution in [0.4, 0.5) is 10.1 Å². The van der Waals surface area contributed by atoms with Crippen molar-refractivity contribution in [2.45, 2.75) is 6.42 Å². The van der Waals surface area contributed by atoms with Gasteiger partial charge in [0.25, 0.3) is 0 Å². The molecule has 0 aliphatic carbocycles. The third kappa shape index (κ3) is 3.60. The number of rotatable bonds is 4. The van der Waals surface area contributed by atoms with Gasteiger partial charge in [-0.3, -0.25) is 4.79 Å². The average Bonchev–Trinajstić information content (AvgIpc) is 2.77.